The summed E-state index contributed by atoms with van der Waals surface area (Å²) in [4.78, 5) is 9.91. The van der Waals surface area contributed by atoms with Crippen LogP contribution in [0.5, 0.6) is 0 Å². The number of amides is 1. The highest BCUT2D eigenvalue weighted by Crippen LogP contribution is 2.28. The maximum atomic E-state index is 13.0. The largest absolute Gasteiger partial charge is 0.358 e. The fraction of sp³-hybridized carbons (Fsp3) is 0.875. The number of rotatable bonds is 3. The molecule has 0 aromatic heterocycles. The molecule has 0 aliphatic heterocycles. The molecule has 1 aliphatic carbocycles. The molecule has 0 aromatic rings. The van der Waals surface area contributed by atoms with Gasteiger partial charge in [0.1, 0.15) is 12.3 Å². The molecule has 1 fully saturated rings. The monoisotopic (exact) mass is 177 g/mol. The minimum Gasteiger partial charge on any atom is -0.358 e. The number of alkyl halides is 2. The number of halogens is 2. The SMILES string of the molecule is O=CNCC1CCC(F)CC1F. The maximum Gasteiger partial charge on any atom is 0.207 e. The number of hydrogen-bond donors (Lipinski definition) is 1. The van der Waals surface area contributed by atoms with E-state index >= 15 is 0 Å². The molecule has 70 valence electrons. The lowest BCUT2D eigenvalue weighted by Crippen LogP contribution is -2.34. The minimum atomic E-state index is -1.10. The van der Waals surface area contributed by atoms with Crippen molar-refractivity contribution in [3.8, 4) is 0 Å². The van der Waals surface area contributed by atoms with Gasteiger partial charge in [0.15, 0.2) is 0 Å². The van der Waals surface area contributed by atoms with Crippen LogP contribution in [0.3, 0.4) is 0 Å². The van der Waals surface area contributed by atoms with E-state index in [9.17, 15) is 13.6 Å². The van der Waals surface area contributed by atoms with Gasteiger partial charge < -0.3 is 5.32 Å². The Hall–Kier alpha value is -0.670. The van der Waals surface area contributed by atoms with Gasteiger partial charge in [-0.1, -0.05) is 0 Å². The summed E-state index contributed by atoms with van der Waals surface area (Å²) in [6, 6.07) is 0. The van der Waals surface area contributed by atoms with Crippen LogP contribution >= 0.6 is 0 Å². The lowest BCUT2D eigenvalue weighted by Gasteiger charge is -2.27. The molecule has 1 saturated carbocycles. The van der Waals surface area contributed by atoms with E-state index in [1.165, 1.54) is 0 Å². The van der Waals surface area contributed by atoms with Gasteiger partial charge in [0.05, 0.1) is 0 Å². The van der Waals surface area contributed by atoms with Gasteiger partial charge in [-0.15, -0.1) is 0 Å². The van der Waals surface area contributed by atoms with Gasteiger partial charge in [0, 0.05) is 18.9 Å². The van der Waals surface area contributed by atoms with Gasteiger partial charge in [0.25, 0.3) is 0 Å². The van der Waals surface area contributed by atoms with E-state index in [4.69, 9.17) is 0 Å². The van der Waals surface area contributed by atoms with Gasteiger partial charge in [-0.25, -0.2) is 8.78 Å². The maximum absolute atomic E-state index is 13.0. The molecule has 12 heavy (non-hydrogen) atoms. The first kappa shape index (κ1) is 9.42. The molecule has 1 N–H and O–H groups in total. The van der Waals surface area contributed by atoms with Crippen molar-refractivity contribution in [2.45, 2.75) is 31.6 Å². The Kier molecular flexibility index (Phi) is 3.44. The normalized spacial score (nSPS) is 36.0. The van der Waals surface area contributed by atoms with Gasteiger partial charge in [-0.05, 0) is 12.8 Å². The van der Waals surface area contributed by atoms with Crippen LogP contribution in [0.4, 0.5) is 8.78 Å². The van der Waals surface area contributed by atoms with Crippen LogP contribution < -0.4 is 5.32 Å². The van der Waals surface area contributed by atoms with Crippen molar-refractivity contribution in [1.82, 2.24) is 5.32 Å². The zero-order valence-electron chi connectivity index (χ0n) is 6.80. The Morgan fingerprint density at radius 2 is 2.17 bits per heavy atom. The van der Waals surface area contributed by atoms with E-state index in [1.807, 2.05) is 0 Å². The van der Waals surface area contributed by atoms with E-state index in [1.54, 1.807) is 0 Å². The number of carbonyl (C=O) groups is 1. The van der Waals surface area contributed by atoms with Crippen molar-refractivity contribution in [3.63, 3.8) is 0 Å². The molecule has 0 bridgehead atoms. The van der Waals surface area contributed by atoms with E-state index in [0.717, 1.165) is 0 Å². The summed E-state index contributed by atoms with van der Waals surface area (Å²) in [5.74, 6) is -0.192. The van der Waals surface area contributed by atoms with Crippen molar-refractivity contribution in [2.24, 2.45) is 5.92 Å². The number of carbonyl (C=O) groups excluding carboxylic acids is 1. The second-order valence-electron chi connectivity index (χ2n) is 3.21. The predicted molar refractivity (Wildman–Crippen MR) is 41.2 cm³/mol. The first-order valence-electron chi connectivity index (χ1n) is 4.19. The smallest absolute Gasteiger partial charge is 0.207 e. The average Bonchev–Trinajstić information content (AvgIpc) is 2.03. The van der Waals surface area contributed by atoms with Crippen molar-refractivity contribution < 1.29 is 13.6 Å². The Balaban J connectivity index is 2.29. The Bertz CT molecular complexity index is 154. The van der Waals surface area contributed by atoms with E-state index < -0.39 is 12.3 Å². The zero-order valence-corrected chi connectivity index (χ0v) is 6.80. The number of nitrogens with one attached hydrogen (secondary N) is 1. The molecule has 0 radical (unpaired) electrons. The summed E-state index contributed by atoms with van der Waals surface area (Å²) in [7, 11) is 0. The molecule has 0 aromatic carbocycles. The molecule has 3 atom stereocenters. The van der Waals surface area contributed by atoms with Crippen LogP contribution in [-0.2, 0) is 4.79 Å². The minimum absolute atomic E-state index is 0.00873. The summed E-state index contributed by atoms with van der Waals surface area (Å²) >= 11 is 0. The van der Waals surface area contributed by atoms with Crippen LogP contribution in [0.15, 0.2) is 0 Å². The molecule has 2 nitrogen and oxygen atoms in total. The summed E-state index contributed by atoms with van der Waals surface area (Å²) < 4.78 is 25.6. The molecule has 1 rings (SSSR count). The van der Waals surface area contributed by atoms with Crippen LogP contribution in [0.25, 0.3) is 0 Å². The molecule has 3 unspecified atom stereocenters. The standard InChI is InChI=1S/C8H13F2NO/c9-7-2-1-6(4-11-5-12)8(10)3-7/h5-8H,1-4H2,(H,11,12). The van der Waals surface area contributed by atoms with E-state index in [-0.39, 0.29) is 12.3 Å². The van der Waals surface area contributed by atoms with Crippen molar-refractivity contribution in [1.29, 1.82) is 0 Å². The molecule has 0 heterocycles. The third kappa shape index (κ3) is 2.43. The molecule has 4 heteroatoms. The Morgan fingerprint density at radius 3 is 2.75 bits per heavy atom. The molecular weight excluding hydrogens is 164 g/mol. The van der Waals surface area contributed by atoms with Crippen molar-refractivity contribution in [3.05, 3.63) is 0 Å². The molecule has 0 spiro atoms. The quantitative estimate of drug-likeness (QED) is 0.645. The predicted octanol–water partition coefficient (Wildman–Crippen LogP) is 1.21. The lowest BCUT2D eigenvalue weighted by molar-refractivity contribution is -0.109. The lowest BCUT2D eigenvalue weighted by atomic mass is 9.86. The molecule has 1 aliphatic rings. The van der Waals surface area contributed by atoms with Crippen molar-refractivity contribution in [2.75, 3.05) is 6.54 Å². The van der Waals surface area contributed by atoms with Gasteiger partial charge in [-0.2, -0.15) is 0 Å². The molecule has 1 amide bonds. The van der Waals surface area contributed by atoms with E-state index in [0.29, 0.717) is 25.8 Å². The van der Waals surface area contributed by atoms with Gasteiger partial charge >= 0.3 is 0 Å². The van der Waals surface area contributed by atoms with E-state index in [2.05, 4.69) is 5.32 Å². The van der Waals surface area contributed by atoms with Crippen LogP contribution in [0.1, 0.15) is 19.3 Å². The van der Waals surface area contributed by atoms with Crippen LogP contribution in [0.2, 0.25) is 0 Å². The topological polar surface area (TPSA) is 29.1 Å². The zero-order chi connectivity index (χ0) is 8.97. The van der Waals surface area contributed by atoms with Crippen molar-refractivity contribution >= 4 is 6.41 Å². The fourth-order valence-electron chi connectivity index (χ4n) is 1.56. The average molecular weight is 177 g/mol. The Labute approximate surface area is 70.3 Å². The second kappa shape index (κ2) is 4.38. The summed E-state index contributed by atoms with van der Waals surface area (Å²) in [5, 5.41) is 2.42. The van der Waals surface area contributed by atoms with Gasteiger partial charge in [0.2, 0.25) is 6.41 Å². The highest BCUT2D eigenvalue weighted by molar-refractivity contribution is 5.45. The first-order chi connectivity index (χ1) is 5.74. The van der Waals surface area contributed by atoms with Crippen LogP contribution in [-0.4, -0.2) is 25.3 Å². The fourth-order valence-corrected chi connectivity index (χ4v) is 1.56. The third-order valence-corrected chi connectivity index (χ3v) is 2.31. The summed E-state index contributed by atoms with van der Waals surface area (Å²) in [5.41, 5.74) is 0. The van der Waals surface area contributed by atoms with Gasteiger partial charge in [-0.3, -0.25) is 4.79 Å². The second-order valence-corrected chi connectivity index (χ2v) is 3.21. The Morgan fingerprint density at radius 1 is 1.42 bits per heavy atom. The number of hydrogen-bond acceptors (Lipinski definition) is 1. The first-order valence-corrected chi connectivity index (χ1v) is 4.19. The molecule has 0 saturated heterocycles. The third-order valence-electron chi connectivity index (χ3n) is 2.31. The summed E-state index contributed by atoms with van der Waals surface area (Å²) in [6.07, 6.45) is -0.595. The summed E-state index contributed by atoms with van der Waals surface area (Å²) in [6.45, 7) is 0.331. The molecular formula is C8H13F2NO. The van der Waals surface area contributed by atoms with Crippen LogP contribution in [0, 0.1) is 5.92 Å². The highest BCUT2D eigenvalue weighted by Gasteiger charge is 2.29. The highest BCUT2D eigenvalue weighted by atomic mass is 19.1.